The molecule has 0 radical (unpaired) electrons. The Kier molecular flexibility index (Phi) is 3.22. The van der Waals surface area contributed by atoms with Crippen molar-refractivity contribution in [3.8, 4) is 11.1 Å². The van der Waals surface area contributed by atoms with Crippen molar-refractivity contribution in [2.45, 2.75) is 13.5 Å². The van der Waals surface area contributed by atoms with E-state index in [9.17, 15) is 0 Å². The van der Waals surface area contributed by atoms with E-state index in [1.807, 2.05) is 37.3 Å². The molecule has 0 saturated carbocycles. The highest BCUT2D eigenvalue weighted by molar-refractivity contribution is 6.31. The molecule has 0 saturated heterocycles. The molecule has 0 fully saturated rings. The van der Waals surface area contributed by atoms with Gasteiger partial charge in [-0.3, -0.25) is 4.98 Å². The van der Waals surface area contributed by atoms with Gasteiger partial charge in [0.15, 0.2) is 0 Å². The van der Waals surface area contributed by atoms with Crippen molar-refractivity contribution < 1.29 is 0 Å². The van der Waals surface area contributed by atoms with E-state index < -0.39 is 0 Å². The Morgan fingerprint density at radius 2 is 1.94 bits per heavy atom. The van der Waals surface area contributed by atoms with Gasteiger partial charge in [-0.1, -0.05) is 17.7 Å². The average molecular weight is 233 g/mol. The normalized spacial score (nSPS) is 10.4. The summed E-state index contributed by atoms with van der Waals surface area (Å²) in [7, 11) is 0. The quantitative estimate of drug-likeness (QED) is 0.864. The summed E-state index contributed by atoms with van der Waals surface area (Å²) in [4.78, 5) is 4.17. The van der Waals surface area contributed by atoms with Gasteiger partial charge in [0.2, 0.25) is 0 Å². The van der Waals surface area contributed by atoms with Crippen LogP contribution in [0.3, 0.4) is 0 Å². The predicted molar refractivity (Wildman–Crippen MR) is 67.3 cm³/mol. The third-order valence-electron chi connectivity index (χ3n) is 2.50. The monoisotopic (exact) mass is 232 g/mol. The zero-order valence-electron chi connectivity index (χ0n) is 9.07. The van der Waals surface area contributed by atoms with Gasteiger partial charge in [0.25, 0.3) is 0 Å². The largest absolute Gasteiger partial charge is 0.326 e. The molecular formula is C13H13ClN2. The molecule has 2 nitrogen and oxygen atoms in total. The summed E-state index contributed by atoms with van der Waals surface area (Å²) < 4.78 is 0. The minimum absolute atomic E-state index is 0.455. The summed E-state index contributed by atoms with van der Waals surface area (Å²) in [6, 6.07) is 9.93. The molecule has 1 aromatic carbocycles. The van der Waals surface area contributed by atoms with E-state index in [1.165, 1.54) is 0 Å². The van der Waals surface area contributed by atoms with Crippen LogP contribution in [-0.2, 0) is 6.54 Å². The zero-order valence-corrected chi connectivity index (χ0v) is 9.83. The molecule has 1 aromatic heterocycles. The first-order valence-electron chi connectivity index (χ1n) is 5.12. The molecule has 0 spiro atoms. The standard InChI is InChI=1S/C13H13ClN2/c1-9-6-11(4-5-16-9)10-2-3-13(14)12(7-10)8-15/h2-7H,8,15H2,1H3. The Bertz CT molecular complexity index is 509. The highest BCUT2D eigenvalue weighted by atomic mass is 35.5. The molecule has 3 heteroatoms. The second-order valence-electron chi connectivity index (χ2n) is 3.70. The summed E-state index contributed by atoms with van der Waals surface area (Å²) in [6.45, 7) is 2.43. The van der Waals surface area contributed by atoms with Gasteiger partial charge >= 0.3 is 0 Å². The maximum atomic E-state index is 6.02. The number of aryl methyl sites for hydroxylation is 1. The number of rotatable bonds is 2. The summed E-state index contributed by atoms with van der Waals surface area (Å²) in [6.07, 6.45) is 1.81. The Balaban J connectivity index is 2.48. The molecule has 0 amide bonds. The van der Waals surface area contributed by atoms with E-state index >= 15 is 0 Å². The number of aromatic nitrogens is 1. The van der Waals surface area contributed by atoms with E-state index in [-0.39, 0.29) is 0 Å². The van der Waals surface area contributed by atoms with Crippen molar-refractivity contribution in [1.82, 2.24) is 4.98 Å². The van der Waals surface area contributed by atoms with Crippen LogP contribution in [0.4, 0.5) is 0 Å². The molecular weight excluding hydrogens is 220 g/mol. The number of pyridine rings is 1. The Labute approximate surface area is 100 Å². The highest BCUT2D eigenvalue weighted by Gasteiger charge is 2.02. The van der Waals surface area contributed by atoms with Crippen LogP contribution in [0.5, 0.6) is 0 Å². The molecule has 2 aromatic rings. The van der Waals surface area contributed by atoms with Crippen LogP contribution in [-0.4, -0.2) is 4.98 Å². The first kappa shape index (κ1) is 11.1. The zero-order chi connectivity index (χ0) is 11.5. The van der Waals surface area contributed by atoms with Crippen LogP contribution >= 0.6 is 11.6 Å². The fourth-order valence-electron chi connectivity index (χ4n) is 1.64. The molecule has 2 N–H and O–H groups in total. The molecule has 0 bridgehead atoms. The Morgan fingerprint density at radius 1 is 1.19 bits per heavy atom. The fourth-order valence-corrected chi connectivity index (χ4v) is 1.83. The van der Waals surface area contributed by atoms with Crippen LogP contribution in [0.1, 0.15) is 11.3 Å². The van der Waals surface area contributed by atoms with Gasteiger partial charge in [0.1, 0.15) is 0 Å². The number of halogens is 1. The summed E-state index contributed by atoms with van der Waals surface area (Å²) >= 11 is 6.02. The fraction of sp³-hybridized carbons (Fsp3) is 0.154. The maximum absolute atomic E-state index is 6.02. The van der Waals surface area contributed by atoms with Gasteiger partial charge in [0, 0.05) is 23.5 Å². The highest BCUT2D eigenvalue weighted by Crippen LogP contribution is 2.25. The number of nitrogens with two attached hydrogens (primary N) is 1. The lowest BCUT2D eigenvalue weighted by molar-refractivity contribution is 1.07. The van der Waals surface area contributed by atoms with Gasteiger partial charge in [-0.2, -0.15) is 0 Å². The van der Waals surface area contributed by atoms with E-state index in [4.69, 9.17) is 17.3 Å². The third-order valence-corrected chi connectivity index (χ3v) is 2.86. The van der Waals surface area contributed by atoms with Crippen LogP contribution in [0.2, 0.25) is 5.02 Å². The van der Waals surface area contributed by atoms with Gasteiger partial charge in [-0.05, 0) is 47.9 Å². The van der Waals surface area contributed by atoms with Gasteiger partial charge in [-0.25, -0.2) is 0 Å². The predicted octanol–water partition coefficient (Wildman–Crippen LogP) is 3.17. The number of benzene rings is 1. The van der Waals surface area contributed by atoms with Crippen molar-refractivity contribution in [3.05, 3.63) is 52.8 Å². The SMILES string of the molecule is Cc1cc(-c2ccc(Cl)c(CN)c2)ccn1. The van der Waals surface area contributed by atoms with Gasteiger partial charge in [0.05, 0.1) is 0 Å². The Hall–Kier alpha value is -1.38. The van der Waals surface area contributed by atoms with Crippen molar-refractivity contribution in [3.63, 3.8) is 0 Å². The molecule has 0 atom stereocenters. The molecule has 0 aliphatic rings. The molecule has 0 aliphatic heterocycles. The average Bonchev–Trinajstić information content (AvgIpc) is 2.29. The number of hydrogen-bond acceptors (Lipinski definition) is 2. The van der Waals surface area contributed by atoms with Crippen molar-refractivity contribution in [2.75, 3.05) is 0 Å². The molecule has 82 valence electrons. The van der Waals surface area contributed by atoms with Gasteiger partial charge < -0.3 is 5.73 Å². The van der Waals surface area contributed by atoms with Crippen LogP contribution in [0.15, 0.2) is 36.5 Å². The summed E-state index contributed by atoms with van der Waals surface area (Å²) in [5, 5.41) is 0.719. The maximum Gasteiger partial charge on any atom is 0.0451 e. The van der Waals surface area contributed by atoms with Crippen LogP contribution < -0.4 is 5.73 Å². The van der Waals surface area contributed by atoms with Gasteiger partial charge in [-0.15, -0.1) is 0 Å². The first-order valence-corrected chi connectivity index (χ1v) is 5.50. The van der Waals surface area contributed by atoms with Crippen molar-refractivity contribution >= 4 is 11.6 Å². The van der Waals surface area contributed by atoms with Crippen molar-refractivity contribution in [1.29, 1.82) is 0 Å². The molecule has 0 unspecified atom stereocenters. The minimum Gasteiger partial charge on any atom is -0.326 e. The number of nitrogens with zero attached hydrogens (tertiary/aromatic N) is 1. The minimum atomic E-state index is 0.455. The lowest BCUT2D eigenvalue weighted by Gasteiger charge is -2.06. The molecule has 1 heterocycles. The summed E-state index contributed by atoms with van der Waals surface area (Å²) in [5.41, 5.74) is 9.86. The molecule has 16 heavy (non-hydrogen) atoms. The van der Waals surface area contributed by atoms with Crippen LogP contribution in [0, 0.1) is 6.92 Å². The summed E-state index contributed by atoms with van der Waals surface area (Å²) in [5.74, 6) is 0. The molecule has 2 rings (SSSR count). The van der Waals surface area contributed by atoms with E-state index in [0.717, 1.165) is 27.4 Å². The number of hydrogen-bond donors (Lipinski definition) is 1. The smallest absolute Gasteiger partial charge is 0.0451 e. The Morgan fingerprint density at radius 3 is 2.62 bits per heavy atom. The second kappa shape index (κ2) is 4.64. The van der Waals surface area contributed by atoms with Crippen molar-refractivity contribution in [2.24, 2.45) is 5.73 Å². The van der Waals surface area contributed by atoms with E-state index in [0.29, 0.717) is 6.54 Å². The van der Waals surface area contributed by atoms with Crippen LogP contribution in [0.25, 0.3) is 11.1 Å². The third kappa shape index (κ3) is 2.23. The van der Waals surface area contributed by atoms with E-state index in [2.05, 4.69) is 4.98 Å². The lowest BCUT2D eigenvalue weighted by atomic mass is 10.0. The second-order valence-corrected chi connectivity index (χ2v) is 4.10. The first-order chi connectivity index (χ1) is 7.70. The molecule has 0 aliphatic carbocycles. The lowest BCUT2D eigenvalue weighted by Crippen LogP contribution is -1.97. The topological polar surface area (TPSA) is 38.9 Å². The van der Waals surface area contributed by atoms with E-state index in [1.54, 1.807) is 6.20 Å².